The average molecular weight is 159 g/mol. The highest BCUT2D eigenvalue weighted by Crippen LogP contribution is 2.14. The summed E-state index contributed by atoms with van der Waals surface area (Å²) in [5, 5.41) is 4.12. The number of anilines is 1. The number of hydrogen-bond donors (Lipinski definition) is 1. The van der Waals surface area contributed by atoms with Gasteiger partial charge in [0.2, 0.25) is 0 Å². The van der Waals surface area contributed by atoms with Crippen molar-refractivity contribution in [1.29, 1.82) is 0 Å². The molecule has 0 radical (unpaired) electrons. The molecule has 0 amide bonds. The van der Waals surface area contributed by atoms with E-state index in [4.69, 9.17) is 0 Å². The number of hydrogen-bond acceptors (Lipinski definition) is 3. The number of nitrogens with one attached hydrogen (secondary N) is 1. The van der Waals surface area contributed by atoms with Gasteiger partial charge in [-0.1, -0.05) is 0 Å². The standard InChI is InChI=1S/C9H9N3/c1-10-8-2-3-9-7(4-8)5-11-6-12-9/h2-6,10H,1H3. The molecule has 0 unspecified atom stereocenters. The lowest BCUT2D eigenvalue weighted by Gasteiger charge is -2.00. The quantitative estimate of drug-likeness (QED) is 0.687. The highest BCUT2D eigenvalue weighted by Gasteiger charge is 1.93. The molecule has 2 aromatic rings. The topological polar surface area (TPSA) is 37.8 Å². The van der Waals surface area contributed by atoms with Crippen molar-refractivity contribution in [3.63, 3.8) is 0 Å². The molecule has 3 heteroatoms. The summed E-state index contributed by atoms with van der Waals surface area (Å²) < 4.78 is 0. The summed E-state index contributed by atoms with van der Waals surface area (Å²) in [5.74, 6) is 0. The molecule has 0 aliphatic heterocycles. The first-order valence-electron chi connectivity index (χ1n) is 3.77. The fourth-order valence-electron chi connectivity index (χ4n) is 1.14. The molecule has 0 saturated heterocycles. The molecule has 2 rings (SSSR count). The molecule has 1 N–H and O–H groups in total. The van der Waals surface area contributed by atoms with E-state index in [9.17, 15) is 0 Å². The molecule has 1 aromatic heterocycles. The van der Waals surface area contributed by atoms with Gasteiger partial charge < -0.3 is 5.32 Å². The monoisotopic (exact) mass is 159 g/mol. The fourth-order valence-corrected chi connectivity index (χ4v) is 1.14. The van der Waals surface area contributed by atoms with Crippen molar-refractivity contribution in [1.82, 2.24) is 9.97 Å². The molecular weight excluding hydrogens is 150 g/mol. The molecule has 0 aliphatic rings. The predicted octanol–water partition coefficient (Wildman–Crippen LogP) is 1.67. The Morgan fingerprint density at radius 3 is 3.08 bits per heavy atom. The molecule has 0 fully saturated rings. The normalized spacial score (nSPS) is 10.1. The van der Waals surface area contributed by atoms with E-state index in [1.54, 1.807) is 6.33 Å². The second-order valence-electron chi connectivity index (χ2n) is 2.55. The van der Waals surface area contributed by atoms with Crippen LogP contribution in [0.1, 0.15) is 0 Å². The van der Waals surface area contributed by atoms with Crippen molar-refractivity contribution in [3.05, 3.63) is 30.7 Å². The Morgan fingerprint density at radius 1 is 1.33 bits per heavy atom. The smallest absolute Gasteiger partial charge is 0.116 e. The summed E-state index contributed by atoms with van der Waals surface area (Å²) in [7, 11) is 1.89. The van der Waals surface area contributed by atoms with Gasteiger partial charge in [0.15, 0.2) is 0 Å². The first-order chi connectivity index (χ1) is 5.90. The van der Waals surface area contributed by atoms with Gasteiger partial charge in [-0.3, -0.25) is 0 Å². The number of nitrogens with zero attached hydrogens (tertiary/aromatic N) is 2. The van der Waals surface area contributed by atoms with E-state index in [-0.39, 0.29) is 0 Å². The van der Waals surface area contributed by atoms with Crippen LogP contribution in [0.15, 0.2) is 30.7 Å². The van der Waals surface area contributed by atoms with Crippen LogP contribution < -0.4 is 5.32 Å². The Kier molecular flexibility index (Phi) is 1.63. The Bertz CT molecular complexity index is 398. The van der Waals surface area contributed by atoms with Crippen molar-refractivity contribution < 1.29 is 0 Å². The zero-order chi connectivity index (χ0) is 8.39. The first-order valence-corrected chi connectivity index (χ1v) is 3.77. The molecule has 1 heterocycles. The van der Waals surface area contributed by atoms with Crippen LogP contribution >= 0.6 is 0 Å². The van der Waals surface area contributed by atoms with Crippen molar-refractivity contribution in [2.24, 2.45) is 0 Å². The lowest BCUT2D eigenvalue weighted by Crippen LogP contribution is -1.88. The van der Waals surface area contributed by atoms with Gasteiger partial charge in [-0.15, -0.1) is 0 Å². The summed E-state index contributed by atoms with van der Waals surface area (Å²) in [6.45, 7) is 0. The van der Waals surface area contributed by atoms with Gasteiger partial charge in [0.25, 0.3) is 0 Å². The van der Waals surface area contributed by atoms with Crippen molar-refractivity contribution in [2.45, 2.75) is 0 Å². The van der Waals surface area contributed by atoms with Crippen molar-refractivity contribution in [3.8, 4) is 0 Å². The summed E-state index contributed by atoms with van der Waals surface area (Å²) in [4.78, 5) is 8.07. The van der Waals surface area contributed by atoms with Crippen molar-refractivity contribution >= 4 is 16.6 Å². The zero-order valence-electron chi connectivity index (χ0n) is 6.78. The average Bonchev–Trinajstić information content (AvgIpc) is 2.17. The summed E-state index contributed by atoms with van der Waals surface area (Å²) >= 11 is 0. The summed E-state index contributed by atoms with van der Waals surface area (Å²) in [6.07, 6.45) is 3.37. The number of aromatic nitrogens is 2. The SMILES string of the molecule is CNc1ccc2ncncc2c1. The molecular formula is C9H9N3. The van der Waals surface area contributed by atoms with Gasteiger partial charge in [0.1, 0.15) is 6.33 Å². The minimum Gasteiger partial charge on any atom is -0.388 e. The molecule has 0 aliphatic carbocycles. The Balaban J connectivity index is 2.67. The van der Waals surface area contributed by atoms with Crippen LogP contribution in [0.2, 0.25) is 0 Å². The molecule has 60 valence electrons. The molecule has 0 bridgehead atoms. The van der Waals surface area contributed by atoms with Crippen LogP contribution in [0.5, 0.6) is 0 Å². The molecule has 0 spiro atoms. The van der Waals surface area contributed by atoms with Gasteiger partial charge in [0, 0.05) is 24.3 Å². The van der Waals surface area contributed by atoms with Crippen LogP contribution in [0.3, 0.4) is 0 Å². The molecule has 0 atom stereocenters. The van der Waals surface area contributed by atoms with E-state index < -0.39 is 0 Å². The van der Waals surface area contributed by atoms with E-state index in [2.05, 4.69) is 15.3 Å². The largest absolute Gasteiger partial charge is 0.388 e. The zero-order valence-corrected chi connectivity index (χ0v) is 6.78. The summed E-state index contributed by atoms with van der Waals surface area (Å²) in [5.41, 5.74) is 2.06. The summed E-state index contributed by atoms with van der Waals surface area (Å²) in [6, 6.07) is 5.99. The van der Waals surface area contributed by atoms with Crippen LogP contribution in [0.25, 0.3) is 10.9 Å². The van der Waals surface area contributed by atoms with Gasteiger partial charge in [-0.2, -0.15) is 0 Å². The third-order valence-electron chi connectivity index (χ3n) is 1.79. The highest BCUT2D eigenvalue weighted by atomic mass is 14.8. The van der Waals surface area contributed by atoms with Crippen LogP contribution in [0, 0.1) is 0 Å². The van der Waals surface area contributed by atoms with E-state index in [0.29, 0.717) is 0 Å². The van der Waals surface area contributed by atoms with Gasteiger partial charge >= 0.3 is 0 Å². The van der Waals surface area contributed by atoms with E-state index in [0.717, 1.165) is 16.6 Å². The third kappa shape index (κ3) is 1.09. The number of rotatable bonds is 1. The van der Waals surface area contributed by atoms with E-state index in [1.165, 1.54) is 0 Å². The van der Waals surface area contributed by atoms with E-state index in [1.807, 2.05) is 31.4 Å². The van der Waals surface area contributed by atoms with Crippen molar-refractivity contribution in [2.75, 3.05) is 12.4 Å². The van der Waals surface area contributed by atoms with Gasteiger partial charge in [0.05, 0.1) is 5.52 Å². The minimum atomic E-state index is 0.976. The second kappa shape index (κ2) is 2.77. The Labute approximate surface area is 70.5 Å². The highest BCUT2D eigenvalue weighted by molar-refractivity contribution is 5.81. The Hall–Kier alpha value is -1.64. The van der Waals surface area contributed by atoms with Crippen LogP contribution in [0.4, 0.5) is 5.69 Å². The maximum absolute atomic E-state index is 4.12. The van der Waals surface area contributed by atoms with Crippen LogP contribution in [-0.4, -0.2) is 17.0 Å². The molecule has 12 heavy (non-hydrogen) atoms. The maximum atomic E-state index is 4.12. The number of fused-ring (bicyclic) bond motifs is 1. The lowest BCUT2D eigenvalue weighted by atomic mass is 10.2. The predicted molar refractivity (Wildman–Crippen MR) is 49.1 cm³/mol. The van der Waals surface area contributed by atoms with Gasteiger partial charge in [-0.05, 0) is 18.2 Å². The van der Waals surface area contributed by atoms with Gasteiger partial charge in [-0.25, -0.2) is 9.97 Å². The maximum Gasteiger partial charge on any atom is 0.116 e. The van der Waals surface area contributed by atoms with Crippen LogP contribution in [-0.2, 0) is 0 Å². The van der Waals surface area contributed by atoms with E-state index >= 15 is 0 Å². The third-order valence-corrected chi connectivity index (χ3v) is 1.79. The number of benzene rings is 1. The Morgan fingerprint density at radius 2 is 2.25 bits per heavy atom. The second-order valence-corrected chi connectivity index (χ2v) is 2.55. The molecule has 3 nitrogen and oxygen atoms in total. The molecule has 0 saturated carbocycles. The minimum absolute atomic E-state index is 0.976. The molecule has 1 aromatic carbocycles. The fraction of sp³-hybridized carbons (Fsp3) is 0.111. The lowest BCUT2D eigenvalue weighted by molar-refractivity contribution is 1.22. The first kappa shape index (κ1) is 7.03.